The van der Waals surface area contributed by atoms with Crippen molar-refractivity contribution in [3.05, 3.63) is 70.4 Å². The number of hydrogen-bond donors (Lipinski definition) is 1. The molecule has 6 heteroatoms. The van der Waals surface area contributed by atoms with Crippen LogP contribution in [-0.2, 0) is 4.84 Å². The fourth-order valence-electron chi connectivity index (χ4n) is 2.57. The lowest BCUT2D eigenvalue weighted by molar-refractivity contribution is 0.0769. The summed E-state index contributed by atoms with van der Waals surface area (Å²) in [6.45, 7) is 12.9. The largest absolute Gasteiger partial charge is 0.497 e. The quantitative estimate of drug-likeness (QED) is 0.303. The number of oxime groups is 1. The zero-order valence-electron chi connectivity index (χ0n) is 20.6. The molecule has 3 aromatic rings. The number of amides is 1. The van der Waals surface area contributed by atoms with Crippen molar-refractivity contribution < 1.29 is 14.4 Å². The Morgan fingerprint density at radius 2 is 1.64 bits per heavy atom. The van der Waals surface area contributed by atoms with E-state index in [9.17, 15) is 4.79 Å². The Morgan fingerprint density at radius 3 is 2.18 bits per heavy atom. The highest BCUT2D eigenvalue weighted by molar-refractivity contribution is 7.12. The molecule has 3 rings (SSSR count). The molecule has 0 spiro atoms. The molecule has 0 saturated carbocycles. The number of rotatable bonds is 6. The highest BCUT2D eigenvalue weighted by Gasteiger charge is 2.11. The lowest BCUT2D eigenvalue weighted by Gasteiger charge is -2.15. The van der Waals surface area contributed by atoms with Gasteiger partial charge in [-0.1, -0.05) is 55.8 Å². The van der Waals surface area contributed by atoms with Crippen LogP contribution in [0, 0.1) is 12.3 Å². The molecule has 0 radical (unpaired) electrons. The Kier molecular flexibility index (Phi) is 9.67. The number of hydrogen-bond acceptors (Lipinski definition) is 5. The summed E-state index contributed by atoms with van der Waals surface area (Å²) >= 11 is 1.44. The number of carbonyl (C=O) groups is 1. The van der Waals surface area contributed by atoms with Gasteiger partial charge in [-0.2, -0.15) is 0 Å². The summed E-state index contributed by atoms with van der Waals surface area (Å²) in [7, 11) is 1.65. The smallest absolute Gasteiger partial charge is 0.265 e. The summed E-state index contributed by atoms with van der Waals surface area (Å²) in [6.07, 6.45) is 0. The van der Waals surface area contributed by atoms with Gasteiger partial charge in [-0.15, -0.1) is 11.3 Å². The van der Waals surface area contributed by atoms with Gasteiger partial charge in [-0.3, -0.25) is 4.79 Å². The molecule has 33 heavy (non-hydrogen) atoms. The maximum atomic E-state index is 12.3. The first-order valence-electron chi connectivity index (χ1n) is 10.8. The third-order valence-corrected chi connectivity index (χ3v) is 5.23. The van der Waals surface area contributed by atoms with Gasteiger partial charge in [-0.05, 0) is 73.0 Å². The van der Waals surface area contributed by atoms with Gasteiger partial charge in [-0.25, -0.2) is 0 Å². The highest BCUT2D eigenvalue weighted by atomic mass is 32.1. The van der Waals surface area contributed by atoms with E-state index in [4.69, 9.17) is 9.57 Å². The molecule has 0 aliphatic carbocycles. The van der Waals surface area contributed by atoms with E-state index in [2.05, 4.69) is 31.2 Å². The number of nitrogens with one attached hydrogen (secondary N) is 1. The van der Waals surface area contributed by atoms with Crippen molar-refractivity contribution in [2.75, 3.05) is 19.0 Å². The van der Waals surface area contributed by atoms with Crippen molar-refractivity contribution in [2.24, 2.45) is 10.6 Å². The number of benzene rings is 2. The van der Waals surface area contributed by atoms with Crippen LogP contribution in [-0.4, -0.2) is 25.3 Å². The molecule has 0 saturated heterocycles. The van der Waals surface area contributed by atoms with Crippen LogP contribution in [0.5, 0.6) is 5.75 Å². The average molecular weight is 467 g/mol. The fourth-order valence-corrected chi connectivity index (χ4v) is 3.39. The molecular weight excluding hydrogens is 432 g/mol. The van der Waals surface area contributed by atoms with Crippen molar-refractivity contribution in [3.63, 3.8) is 0 Å². The van der Waals surface area contributed by atoms with Gasteiger partial charge in [0.2, 0.25) is 0 Å². The summed E-state index contributed by atoms with van der Waals surface area (Å²) in [5.41, 5.74) is 5.24. The van der Waals surface area contributed by atoms with Gasteiger partial charge in [0.15, 0.2) is 0 Å². The first-order chi connectivity index (χ1) is 15.6. The molecule has 1 N–H and O–H groups in total. The first kappa shape index (κ1) is 26.1. The lowest BCUT2D eigenvalue weighted by Crippen LogP contribution is -2.12. The van der Waals surface area contributed by atoms with Crippen LogP contribution in [0.15, 0.2) is 65.1 Å². The number of methoxy groups -OCH3 is 1. The van der Waals surface area contributed by atoms with Crippen LogP contribution >= 0.6 is 11.3 Å². The molecule has 1 amide bonds. The molecular formula is C27H34N2O3S. The number of carbonyl (C=O) groups excluding carboxylic acids is 1. The molecule has 0 atom stereocenters. The number of anilines is 1. The Morgan fingerprint density at radius 1 is 1.00 bits per heavy atom. The van der Waals surface area contributed by atoms with E-state index in [1.807, 2.05) is 80.7 Å². The summed E-state index contributed by atoms with van der Waals surface area (Å²) in [5, 5.41) is 8.74. The Balaban J connectivity index is 0.000000328. The summed E-state index contributed by atoms with van der Waals surface area (Å²) in [4.78, 5) is 18.1. The zero-order valence-corrected chi connectivity index (χ0v) is 21.4. The van der Waals surface area contributed by atoms with Gasteiger partial charge >= 0.3 is 0 Å². The van der Waals surface area contributed by atoms with E-state index in [1.165, 1.54) is 16.9 Å². The molecule has 5 nitrogen and oxygen atoms in total. The molecule has 0 fully saturated rings. The summed E-state index contributed by atoms with van der Waals surface area (Å²) in [6, 6.07) is 17.5. The SMILES string of the molecule is CC(C)=NOCC(C)(C)C.COc1ccc(-c2csc(C(=O)Nc3ccc(C)cc3)c2)cc1. The minimum Gasteiger partial charge on any atom is -0.497 e. The van der Waals surface area contributed by atoms with E-state index in [-0.39, 0.29) is 11.3 Å². The molecule has 0 aliphatic rings. The maximum absolute atomic E-state index is 12.3. The molecule has 2 aromatic carbocycles. The average Bonchev–Trinajstić information content (AvgIpc) is 3.25. The monoisotopic (exact) mass is 466 g/mol. The van der Waals surface area contributed by atoms with Crippen molar-refractivity contribution in [3.8, 4) is 16.9 Å². The molecule has 0 bridgehead atoms. The Labute approximate surface area is 201 Å². The molecule has 0 unspecified atom stereocenters. The Hall–Kier alpha value is -3.12. The molecule has 1 aromatic heterocycles. The van der Waals surface area contributed by atoms with Gasteiger partial charge in [0.1, 0.15) is 12.4 Å². The van der Waals surface area contributed by atoms with Crippen molar-refractivity contribution in [1.82, 2.24) is 0 Å². The summed E-state index contributed by atoms with van der Waals surface area (Å²) in [5.74, 6) is 0.736. The second kappa shape index (κ2) is 12.2. The fraction of sp³-hybridized carbons (Fsp3) is 0.333. The predicted octanol–water partition coefficient (Wildman–Crippen LogP) is 7.43. The number of ether oxygens (including phenoxy) is 1. The van der Waals surface area contributed by atoms with Crippen molar-refractivity contribution in [1.29, 1.82) is 0 Å². The van der Waals surface area contributed by atoms with Crippen LogP contribution in [0.2, 0.25) is 0 Å². The molecule has 1 heterocycles. The number of aryl methyl sites for hydroxylation is 1. The number of thiophene rings is 1. The third kappa shape index (κ3) is 9.49. The normalized spacial score (nSPS) is 10.5. The van der Waals surface area contributed by atoms with Crippen LogP contribution in [0.1, 0.15) is 49.9 Å². The molecule has 0 aliphatic heterocycles. The zero-order chi connectivity index (χ0) is 24.4. The first-order valence-corrected chi connectivity index (χ1v) is 11.7. The van der Waals surface area contributed by atoms with E-state index < -0.39 is 0 Å². The second-order valence-corrected chi connectivity index (χ2v) is 10.0. The minimum atomic E-state index is -0.0846. The van der Waals surface area contributed by atoms with Crippen LogP contribution in [0.4, 0.5) is 5.69 Å². The van der Waals surface area contributed by atoms with Gasteiger partial charge in [0, 0.05) is 5.69 Å². The van der Waals surface area contributed by atoms with E-state index >= 15 is 0 Å². The molecule has 176 valence electrons. The van der Waals surface area contributed by atoms with Crippen LogP contribution in [0.3, 0.4) is 0 Å². The lowest BCUT2D eigenvalue weighted by atomic mass is 9.99. The standard InChI is InChI=1S/C19H17NO2S.C8H17NO/c1-13-3-7-16(8-4-13)20-19(21)18-11-15(12-23-18)14-5-9-17(22-2)10-6-14;1-7(2)9-10-6-8(3,4)5/h3-12H,1-2H3,(H,20,21);6H2,1-5H3. The highest BCUT2D eigenvalue weighted by Crippen LogP contribution is 2.27. The van der Waals surface area contributed by atoms with Crippen LogP contribution in [0.25, 0.3) is 11.1 Å². The van der Waals surface area contributed by atoms with E-state index in [1.54, 1.807) is 7.11 Å². The second-order valence-electron chi connectivity index (χ2n) is 9.12. The number of nitrogens with zero attached hydrogens (tertiary/aromatic N) is 1. The van der Waals surface area contributed by atoms with Gasteiger partial charge < -0.3 is 14.9 Å². The van der Waals surface area contributed by atoms with Crippen molar-refractivity contribution in [2.45, 2.75) is 41.5 Å². The van der Waals surface area contributed by atoms with Crippen LogP contribution < -0.4 is 10.1 Å². The summed E-state index contributed by atoms with van der Waals surface area (Å²) < 4.78 is 5.16. The van der Waals surface area contributed by atoms with Gasteiger partial charge in [0.25, 0.3) is 5.91 Å². The van der Waals surface area contributed by atoms with E-state index in [0.717, 1.165) is 28.3 Å². The minimum absolute atomic E-state index is 0.0846. The third-order valence-electron chi connectivity index (χ3n) is 4.30. The predicted molar refractivity (Wildman–Crippen MR) is 140 cm³/mol. The maximum Gasteiger partial charge on any atom is 0.265 e. The van der Waals surface area contributed by atoms with Gasteiger partial charge in [0.05, 0.1) is 17.7 Å². The topological polar surface area (TPSA) is 59.9 Å². The Bertz CT molecular complexity index is 1040. The van der Waals surface area contributed by atoms with Crippen molar-refractivity contribution >= 4 is 28.6 Å². The van der Waals surface area contributed by atoms with E-state index in [0.29, 0.717) is 11.5 Å².